The minimum absolute atomic E-state index is 0.263. The molecular formula is C10H16N2O2. The Morgan fingerprint density at radius 3 is 2.07 bits per heavy atom. The number of rotatable bonds is 4. The lowest BCUT2D eigenvalue weighted by atomic mass is 10.1. The smallest absolute Gasteiger partial charge is 0.127 e. The Kier molecular flexibility index (Phi) is 3.73. The van der Waals surface area contributed by atoms with Crippen molar-refractivity contribution in [3.05, 3.63) is 23.8 Å². The third kappa shape index (κ3) is 1.97. The largest absolute Gasteiger partial charge is 0.496 e. The highest BCUT2D eigenvalue weighted by atomic mass is 16.5. The van der Waals surface area contributed by atoms with Crippen LogP contribution in [0.25, 0.3) is 0 Å². The Morgan fingerprint density at radius 1 is 1.21 bits per heavy atom. The van der Waals surface area contributed by atoms with E-state index in [1.807, 2.05) is 18.2 Å². The average molecular weight is 196 g/mol. The quantitative estimate of drug-likeness (QED) is 0.742. The molecule has 4 nitrogen and oxygen atoms in total. The molecule has 0 saturated carbocycles. The zero-order valence-electron chi connectivity index (χ0n) is 8.49. The highest BCUT2D eigenvalue weighted by molar-refractivity contribution is 5.46. The van der Waals surface area contributed by atoms with Gasteiger partial charge in [0.25, 0.3) is 0 Å². The van der Waals surface area contributed by atoms with Gasteiger partial charge in [0.2, 0.25) is 0 Å². The van der Waals surface area contributed by atoms with E-state index in [2.05, 4.69) is 0 Å². The monoisotopic (exact) mass is 196 g/mol. The summed E-state index contributed by atoms with van der Waals surface area (Å²) in [6, 6.07) is 5.27. The van der Waals surface area contributed by atoms with E-state index in [1.54, 1.807) is 14.2 Å². The van der Waals surface area contributed by atoms with Gasteiger partial charge in [-0.15, -0.1) is 0 Å². The number of hydrogen-bond donors (Lipinski definition) is 2. The van der Waals surface area contributed by atoms with Crippen LogP contribution in [0.3, 0.4) is 0 Å². The summed E-state index contributed by atoms with van der Waals surface area (Å²) in [5.41, 5.74) is 12.2. The van der Waals surface area contributed by atoms with E-state index in [1.165, 1.54) is 0 Å². The molecule has 0 saturated heterocycles. The second-order valence-electron chi connectivity index (χ2n) is 2.92. The van der Waals surface area contributed by atoms with Crippen molar-refractivity contribution in [1.29, 1.82) is 0 Å². The molecule has 0 heterocycles. The molecule has 0 aromatic heterocycles. The first-order valence-electron chi connectivity index (χ1n) is 4.41. The van der Waals surface area contributed by atoms with E-state index >= 15 is 0 Å². The van der Waals surface area contributed by atoms with Crippen molar-refractivity contribution >= 4 is 0 Å². The van der Waals surface area contributed by atoms with Crippen LogP contribution in [0.4, 0.5) is 0 Å². The molecule has 0 aliphatic rings. The van der Waals surface area contributed by atoms with Crippen LogP contribution in [0.5, 0.6) is 11.5 Å². The van der Waals surface area contributed by atoms with Gasteiger partial charge in [0.15, 0.2) is 0 Å². The molecule has 78 valence electrons. The fourth-order valence-corrected chi connectivity index (χ4v) is 1.36. The van der Waals surface area contributed by atoms with Crippen molar-refractivity contribution in [2.45, 2.75) is 6.04 Å². The first-order chi connectivity index (χ1) is 6.74. The Balaban J connectivity index is 3.18. The van der Waals surface area contributed by atoms with Gasteiger partial charge in [-0.25, -0.2) is 0 Å². The number of ether oxygens (including phenoxy) is 2. The van der Waals surface area contributed by atoms with E-state index in [0.29, 0.717) is 18.0 Å². The Hall–Kier alpha value is -1.26. The van der Waals surface area contributed by atoms with Crippen molar-refractivity contribution in [2.24, 2.45) is 11.5 Å². The zero-order chi connectivity index (χ0) is 10.6. The van der Waals surface area contributed by atoms with Crippen molar-refractivity contribution in [2.75, 3.05) is 20.8 Å². The summed E-state index contributed by atoms with van der Waals surface area (Å²) in [7, 11) is 3.20. The average Bonchev–Trinajstić information content (AvgIpc) is 2.26. The summed E-state index contributed by atoms with van der Waals surface area (Å²) in [5, 5.41) is 0. The lowest BCUT2D eigenvalue weighted by molar-refractivity contribution is 0.379. The van der Waals surface area contributed by atoms with Crippen molar-refractivity contribution in [1.82, 2.24) is 0 Å². The van der Waals surface area contributed by atoms with Gasteiger partial charge in [-0.05, 0) is 12.1 Å². The summed E-state index contributed by atoms with van der Waals surface area (Å²) >= 11 is 0. The predicted octanol–water partition coefficient (Wildman–Crippen LogP) is 0.662. The summed E-state index contributed by atoms with van der Waals surface area (Å²) in [5.74, 6) is 1.42. The molecule has 4 heteroatoms. The molecule has 0 unspecified atom stereocenters. The van der Waals surface area contributed by atoms with E-state index in [-0.39, 0.29) is 6.04 Å². The highest BCUT2D eigenvalue weighted by Crippen LogP contribution is 2.32. The highest BCUT2D eigenvalue weighted by Gasteiger charge is 2.15. The maximum atomic E-state index is 5.86. The molecule has 1 atom stereocenters. The van der Waals surface area contributed by atoms with Crippen LogP contribution in [0.2, 0.25) is 0 Å². The molecule has 0 fully saturated rings. The van der Waals surface area contributed by atoms with Crippen molar-refractivity contribution in [3.8, 4) is 11.5 Å². The molecule has 1 aromatic rings. The lowest BCUT2D eigenvalue weighted by Gasteiger charge is -2.17. The molecule has 0 radical (unpaired) electrons. The fourth-order valence-electron chi connectivity index (χ4n) is 1.36. The third-order valence-electron chi connectivity index (χ3n) is 2.09. The molecule has 14 heavy (non-hydrogen) atoms. The van der Waals surface area contributed by atoms with Crippen molar-refractivity contribution < 1.29 is 9.47 Å². The molecule has 0 aliphatic carbocycles. The minimum atomic E-state index is -0.263. The van der Waals surface area contributed by atoms with Crippen LogP contribution < -0.4 is 20.9 Å². The van der Waals surface area contributed by atoms with Crippen LogP contribution in [0.1, 0.15) is 11.6 Å². The van der Waals surface area contributed by atoms with Gasteiger partial charge >= 0.3 is 0 Å². The first-order valence-corrected chi connectivity index (χ1v) is 4.41. The summed E-state index contributed by atoms with van der Waals surface area (Å²) < 4.78 is 10.4. The second kappa shape index (κ2) is 4.83. The standard InChI is InChI=1S/C10H16N2O2/c1-13-8-4-3-5-9(14-2)10(8)7(12)6-11/h3-5,7H,6,11-12H2,1-2H3/t7-/m1/s1. The van der Waals surface area contributed by atoms with E-state index in [0.717, 1.165) is 5.56 Å². The molecule has 0 spiro atoms. The Morgan fingerprint density at radius 2 is 1.71 bits per heavy atom. The van der Waals surface area contributed by atoms with Gasteiger partial charge in [-0.2, -0.15) is 0 Å². The summed E-state index contributed by atoms with van der Waals surface area (Å²) in [6.45, 7) is 0.358. The molecule has 4 N–H and O–H groups in total. The Bertz CT molecular complexity index is 280. The van der Waals surface area contributed by atoms with Gasteiger partial charge in [0.1, 0.15) is 11.5 Å². The molecule has 0 bridgehead atoms. The van der Waals surface area contributed by atoms with Gasteiger partial charge in [-0.1, -0.05) is 6.07 Å². The molecule has 1 aromatic carbocycles. The maximum absolute atomic E-state index is 5.86. The lowest BCUT2D eigenvalue weighted by Crippen LogP contribution is -2.22. The van der Waals surface area contributed by atoms with Gasteiger partial charge in [0.05, 0.1) is 19.8 Å². The first kappa shape index (κ1) is 10.8. The van der Waals surface area contributed by atoms with Crippen LogP contribution in [0, 0.1) is 0 Å². The van der Waals surface area contributed by atoms with Crippen LogP contribution >= 0.6 is 0 Å². The van der Waals surface area contributed by atoms with E-state index in [9.17, 15) is 0 Å². The van der Waals surface area contributed by atoms with Gasteiger partial charge in [-0.3, -0.25) is 0 Å². The third-order valence-corrected chi connectivity index (χ3v) is 2.09. The Labute approximate surface area is 83.8 Å². The van der Waals surface area contributed by atoms with Crippen LogP contribution in [-0.4, -0.2) is 20.8 Å². The minimum Gasteiger partial charge on any atom is -0.496 e. The number of benzene rings is 1. The van der Waals surface area contributed by atoms with Gasteiger partial charge in [0, 0.05) is 12.6 Å². The predicted molar refractivity (Wildman–Crippen MR) is 55.5 cm³/mol. The van der Waals surface area contributed by atoms with E-state index in [4.69, 9.17) is 20.9 Å². The summed E-state index contributed by atoms with van der Waals surface area (Å²) in [4.78, 5) is 0. The normalized spacial score (nSPS) is 12.3. The molecule has 1 rings (SSSR count). The maximum Gasteiger partial charge on any atom is 0.127 e. The molecular weight excluding hydrogens is 180 g/mol. The fraction of sp³-hybridized carbons (Fsp3) is 0.400. The van der Waals surface area contributed by atoms with Crippen molar-refractivity contribution in [3.63, 3.8) is 0 Å². The van der Waals surface area contributed by atoms with E-state index < -0.39 is 0 Å². The van der Waals surface area contributed by atoms with Crippen LogP contribution in [-0.2, 0) is 0 Å². The number of methoxy groups -OCH3 is 2. The topological polar surface area (TPSA) is 70.5 Å². The number of hydrogen-bond acceptors (Lipinski definition) is 4. The van der Waals surface area contributed by atoms with Crippen LogP contribution in [0.15, 0.2) is 18.2 Å². The number of nitrogens with two attached hydrogens (primary N) is 2. The second-order valence-corrected chi connectivity index (χ2v) is 2.92. The SMILES string of the molecule is COc1cccc(OC)c1[C@H](N)CN. The zero-order valence-corrected chi connectivity index (χ0v) is 8.49. The molecule has 0 amide bonds. The molecule has 0 aliphatic heterocycles. The van der Waals surface area contributed by atoms with Gasteiger partial charge < -0.3 is 20.9 Å². The summed E-state index contributed by atoms with van der Waals surface area (Å²) in [6.07, 6.45) is 0.